The van der Waals surface area contributed by atoms with Crippen molar-refractivity contribution in [3.63, 3.8) is 0 Å². The van der Waals surface area contributed by atoms with Gasteiger partial charge in [0.25, 0.3) is 0 Å². The first-order chi connectivity index (χ1) is 8.75. The highest BCUT2D eigenvalue weighted by Crippen LogP contribution is 2.34. The number of carbonyl (C=O) groups is 2. The van der Waals surface area contributed by atoms with E-state index in [4.69, 9.17) is 19.3 Å². The Bertz CT molecular complexity index is 370. The Labute approximate surface area is 112 Å². The number of aliphatic hydroxyl groups is 1. The summed E-state index contributed by atoms with van der Waals surface area (Å²) in [7, 11) is 0. The number of ether oxygens (including phenoxy) is 3. The minimum absolute atomic E-state index is 0.0262. The molecule has 0 radical (unpaired) electrons. The molecule has 1 saturated heterocycles. The lowest BCUT2D eigenvalue weighted by Crippen LogP contribution is -2.56. The zero-order chi connectivity index (χ0) is 14.7. The summed E-state index contributed by atoms with van der Waals surface area (Å²) in [5, 5.41) is 9.16. The highest BCUT2D eigenvalue weighted by atomic mass is 16.8. The van der Waals surface area contributed by atoms with E-state index in [1.807, 2.05) is 0 Å². The van der Waals surface area contributed by atoms with Crippen LogP contribution < -0.4 is 0 Å². The van der Waals surface area contributed by atoms with E-state index in [2.05, 4.69) is 6.58 Å². The van der Waals surface area contributed by atoms with Crippen LogP contribution in [0.2, 0.25) is 0 Å². The normalized spacial score (nSPS) is 27.2. The average molecular weight is 272 g/mol. The van der Waals surface area contributed by atoms with Crippen molar-refractivity contribution in [2.75, 3.05) is 13.2 Å². The summed E-state index contributed by atoms with van der Waals surface area (Å²) in [6.07, 6.45) is 0.456. The number of hydrogen-bond acceptors (Lipinski definition) is 6. The van der Waals surface area contributed by atoms with E-state index in [1.54, 1.807) is 20.8 Å². The largest absolute Gasteiger partial charge is 0.509 e. The molecule has 0 spiro atoms. The topological polar surface area (TPSA) is 82.1 Å². The Balaban J connectivity index is 3.08. The van der Waals surface area contributed by atoms with Crippen LogP contribution in [0.3, 0.4) is 0 Å². The van der Waals surface area contributed by atoms with Gasteiger partial charge in [-0.25, -0.2) is 9.59 Å². The second-order valence-corrected chi connectivity index (χ2v) is 5.37. The van der Waals surface area contributed by atoms with Gasteiger partial charge < -0.3 is 19.3 Å². The van der Waals surface area contributed by atoms with Gasteiger partial charge in [0.15, 0.2) is 0 Å². The van der Waals surface area contributed by atoms with E-state index in [0.717, 1.165) is 0 Å². The Kier molecular flexibility index (Phi) is 4.57. The molecular formula is C13H20O6. The van der Waals surface area contributed by atoms with Gasteiger partial charge in [0.05, 0.1) is 5.92 Å². The highest BCUT2D eigenvalue weighted by Gasteiger charge is 2.53. The molecule has 6 heteroatoms. The molecule has 1 N–H and O–H groups in total. The zero-order valence-electron chi connectivity index (χ0n) is 11.5. The minimum Gasteiger partial charge on any atom is -0.457 e. The fourth-order valence-electron chi connectivity index (χ4n) is 1.87. The molecule has 0 aromatic rings. The van der Waals surface area contributed by atoms with Gasteiger partial charge in [-0.05, 0) is 20.8 Å². The molecule has 1 aliphatic rings. The molecule has 0 aliphatic carbocycles. The van der Waals surface area contributed by atoms with Crippen molar-refractivity contribution in [3.05, 3.63) is 12.7 Å². The highest BCUT2D eigenvalue weighted by molar-refractivity contribution is 5.84. The first-order valence-corrected chi connectivity index (χ1v) is 6.08. The number of hydrogen-bond donors (Lipinski definition) is 1. The number of aliphatic hydroxyl groups excluding tert-OH is 1. The van der Waals surface area contributed by atoms with Gasteiger partial charge in [-0.15, -0.1) is 6.58 Å². The molecule has 1 rings (SSSR count). The number of cyclic esters (lactones) is 2. The molecule has 0 bridgehead atoms. The van der Waals surface area contributed by atoms with Gasteiger partial charge in [-0.1, -0.05) is 6.08 Å². The summed E-state index contributed by atoms with van der Waals surface area (Å²) < 4.78 is 15.1. The third-order valence-corrected chi connectivity index (χ3v) is 2.76. The molecule has 0 aromatic carbocycles. The zero-order valence-corrected chi connectivity index (χ0v) is 11.5. The van der Waals surface area contributed by atoms with Crippen LogP contribution in [-0.2, 0) is 19.0 Å². The van der Waals surface area contributed by atoms with Crippen LogP contribution in [0.5, 0.6) is 0 Å². The molecule has 108 valence electrons. The van der Waals surface area contributed by atoms with Crippen molar-refractivity contribution in [2.24, 2.45) is 5.92 Å². The molecule has 1 aliphatic heterocycles. The Morgan fingerprint density at radius 3 is 2.74 bits per heavy atom. The van der Waals surface area contributed by atoms with Gasteiger partial charge in [0.2, 0.25) is 5.60 Å². The van der Waals surface area contributed by atoms with E-state index >= 15 is 0 Å². The first-order valence-electron chi connectivity index (χ1n) is 6.08. The molecule has 19 heavy (non-hydrogen) atoms. The summed E-state index contributed by atoms with van der Waals surface area (Å²) in [4.78, 5) is 23.6. The maximum atomic E-state index is 12.3. The lowest BCUT2D eigenvalue weighted by atomic mass is 9.84. The van der Waals surface area contributed by atoms with E-state index in [0.29, 0.717) is 0 Å². The molecular weight excluding hydrogens is 252 g/mol. The van der Waals surface area contributed by atoms with Crippen LogP contribution in [0.15, 0.2) is 12.7 Å². The van der Waals surface area contributed by atoms with Crippen LogP contribution in [0.4, 0.5) is 4.79 Å². The number of rotatable bonds is 4. The van der Waals surface area contributed by atoms with E-state index in [1.165, 1.54) is 6.08 Å². The second kappa shape index (κ2) is 5.61. The van der Waals surface area contributed by atoms with Crippen molar-refractivity contribution in [3.8, 4) is 0 Å². The third kappa shape index (κ3) is 3.47. The Morgan fingerprint density at radius 2 is 2.26 bits per heavy atom. The molecule has 1 fully saturated rings. The van der Waals surface area contributed by atoms with Crippen LogP contribution in [0, 0.1) is 5.92 Å². The predicted molar refractivity (Wildman–Crippen MR) is 66.4 cm³/mol. The quantitative estimate of drug-likeness (QED) is 0.615. The van der Waals surface area contributed by atoms with Gasteiger partial charge >= 0.3 is 12.1 Å². The van der Waals surface area contributed by atoms with Crippen molar-refractivity contribution >= 4 is 12.1 Å². The molecule has 1 heterocycles. The fraction of sp³-hybridized carbons (Fsp3) is 0.692. The van der Waals surface area contributed by atoms with Gasteiger partial charge in [0, 0.05) is 13.0 Å². The summed E-state index contributed by atoms with van der Waals surface area (Å²) in [6, 6.07) is 0. The third-order valence-electron chi connectivity index (χ3n) is 2.76. The molecule has 0 aromatic heterocycles. The standard InChI is InChI=1S/C13H20O6/c1-5-9-8-17-11(16)19-13(9,6-7-14)10(15)18-12(2,3)4/h5,9,14H,1,6-8H2,2-4H3/t9-,13?/m1/s1. The van der Waals surface area contributed by atoms with Crippen LogP contribution in [0.1, 0.15) is 27.2 Å². The number of esters is 1. The van der Waals surface area contributed by atoms with E-state index in [-0.39, 0.29) is 19.6 Å². The summed E-state index contributed by atoms with van der Waals surface area (Å²) in [5.74, 6) is -1.26. The van der Waals surface area contributed by atoms with Crippen molar-refractivity contribution < 1.29 is 28.9 Å². The SMILES string of the molecule is C=C[C@@H]1COC(=O)OC1(CCO)C(=O)OC(C)(C)C. The molecule has 0 saturated carbocycles. The molecule has 1 unspecified atom stereocenters. The lowest BCUT2D eigenvalue weighted by Gasteiger charge is -2.40. The maximum Gasteiger partial charge on any atom is 0.509 e. The lowest BCUT2D eigenvalue weighted by molar-refractivity contribution is -0.196. The van der Waals surface area contributed by atoms with E-state index in [9.17, 15) is 9.59 Å². The summed E-state index contributed by atoms with van der Waals surface area (Å²) >= 11 is 0. The maximum absolute atomic E-state index is 12.3. The van der Waals surface area contributed by atoms with E-state index < -0.39 is 29.2 Å². The van der Waals surface area contributed by atoms with Gasteiger partial charge in [-0.3, -0.25) is 0 Å². The molecule has 6 nitrogen and oxygen atoms in total. The van der Waals surface area contributed by atoms with Crippen LogP contribution in [0.25, 0.3) is 0 Å². The first kappa shape index (κ1) is 15.5. The van der Waals surface area contributed by atoms with Gasteiger partial charge in [0.1, 0.15) is 12.2 Å². The van der Waals surface area contributed by atoms with Crippen LogP contribution in [-0.4, -0.2) is 41.6 Å². The fourth-order valence-corrected chi connectivity index (χ4v) is 1.87. The summed E-state index contributed by atoms with van der Waals surface area (Å²) in [5.41, 5.74) is -2.30. The Morgan fingerprint density at radius 1 is 1.63 bits per heavy atom. The monoisotopic (exact) mass is 272 g/mol. The second-order valence-electron chi connectivity index (χ2n) is 5.37. The minimum atomic E-state index is -1.57. The Hall–Kier alpha value is -1.56. The number of carbonyl (C=O) groups excluding carboxylic acids is 2. The molecule has 0 amide bonds. The van der Waals surface area contributed by atoms with Crippen molar-refractivity contribution in [2.45, 2.75) is 38.4 Å². The van der Waals surface area contributed by atoms with Crippen molar-refractivity contribution in [1.29, 1.82) is 0 Å². The van der Waals surface area contributed by atoms with Crippen molar-refractivity contribution in [1.82, 2.24) is 0 Å². The average Bonchev–Trinajstić information content (AvgIpc) is 2.27. The predicted octanol–water partition coefficient (Wildman–Crippen LogP) is 1.42. The van der Waals surface area contributed by atoms with Crippen LogP contribution >= 0.6 is 0 Å². The van der Waals surface area contributed by atoms with Gasteiger partial charge in [-0.2, -0.15) is 0 Å². The molecule has 2 atom stereocenters. The smallest absolute Gasteiger partial charge is 0.457 e. The summed E-state index contributed by atoms with van der Waals surface area (Å²) in [6.45, 7) is 8.39.